The van der Waals surface area contributed by atoms with Crippen molar-refractivity contribution in [2.24, 2.45) is 0 Å². The van der Waals surface area contributed by atoms with E-state index in [4.69, 9.17) is 4.74 Å². The maximum Gasteiger partial charge on any atom is 0.262 e. The third-order valence-corrected chi connectivity index (χ3v) is 4.20. The van der Waals surface area contributed by atoms with E-state index in [-0.39, 0.29) is 12.5 Å². The van der Waals surface area contributed by atoms with Gasteiger partial charge < -0.3 is 10.1 Å². The number of anilines is 1. The molecule has 3 nitrogen and oxygen atoms in total. The molecule has 0 aliphatic carbocycles. The summed E-state index contributed by atoms with van der Waals surface area (Å²) in [4.78, 5) is 12.2. The average molecular weight is 376 g/mol. The Hall–Kier alpha value is -1.81. The molecule has 1 N–H and O–H groups in total. The Balaban J connectivity index is 2.04. The van der Waals surface area contributed by atoms with E-state index in [0.717, 1.165) is 39.0 Å². The smallest absolute Gasteiger partial charge is 0.262 e. The summed E-state index contributed by atoms with van der Waals surface area (Å²) in [5.41, 5.74) is 5.27. The first-order valence-electron chi connectivity index (χ1n) is 7.69. The molecule has 2 aromatic rings. The average Bonchev–Trinajstić information content (AvgIpc) is 2.49. The minimum Gasteiger partial charge on any atom is -0.483 e. The SMILES string of the molecule is CCc1cc(Br)ccc1OCC(=O)Nc1c(C)cc(C)cc1C. The van der Waals surface area contributed by atoms with Crippen molar-refractivity contribution in [3.8, 4) is 5.75 Å². The summed E-state index contributed by atoms with van der Waals surface area (Å²) >= 11 is 3.45. The number of hydrogen-bond acceptors (Lipinski definition) is 2. The van der Waals surface area contributed by atoms with E-state index in [1.54, 1.807) is 0 Å². The van der Waals surface area contributed by atoms with Crippen molar-refractivity contribution in [2.45, 2.75) is 34.1 Å². The Bertz CT molecular complexity index is 702. The minimum atomic E-state index is -0.148. The Morgan fingerprint density at radius 3 is 2.39 bits per heavy atom. The highest BCUT2D eigenvalue weighted by molar-refractivity contribution is 9.10. The summed E-state index contributed by atoms with van der Waals surface area (Å²) in [6.07, 6.45) is 0.854. The highest BCUT2D eigenvalue weighted by atomic mass is 79.9. The number of rotatable bonds is 5. The number of ether oxygens (including phenoxy) is 1. The number of nitrogens with one attached hydrogen (secondary N) is 1. The van der Waals surface area contributed by atoms with Gasteiger partial charge in [-0.05, 0) is 62.1 Å². The van der Waals surface area contributed by atoms with Gasteiger partial charge in [0.25, 0.3) is 5.91 Å². The number of halogens is 1. The first-order chi connectivity index (χ1) is 10.9. The van der Waals surface area contributed by atoms with Crippen LogP contribution in [-0.2, 0) is 11.2 Å². The molecule has 0 radical (unpaired) electrons. The first-order valence-corrected chi connectivity index (χ1v) is 8.49. The number of amides is 1. The van der Waals surface area contributed by atoms with Crippen LogP contribution in [0.4, 0.5) is 5.69 Å². The monoisotopic (exact) mass is 375 g/mol. The normalized spacial score (nSPS) is 10.5. The fourth-order valence-corrected chi connectivity index (χ4v) is 3.07. The van der Waals surface area contributed by atoms with Gasteiger partial charge in [0, 0.05) is 10.2 Å². The number of aryl methyl sites for hydroxylation is 4. The van der Waals surface area contributed by atoms with E-state index in [9.17, 15) is 4.79 Å². The molecule has 0 saturated carbocycles. The lowest BCUT2D eigenvalue weighted by molar-refractivity contribution is -0.118. The van der Waals surface area contributed by atoms with Crippen LogP contribution in [0.3, 0.4) is 0 Å². The molecule has 0 fully saturated rings. The molecule has 0 aliphatic rings. The predicted molar refractivity (Wildman–Crippen MR) is 98.3 cm³/mol. The maximum absolute atomic E-state index is 12.2. The zero-order valence-corrected chi connectivity index (χ0v) is 15.6. The van der Waals surface area contributed by atoms with Crippen LogP contribution < -0.4 is 10.1 Å². The molecule has 1 amide bonds. The molecule has 4 heteroatoms. The number of carbonyl (C=O) groups is 1. The molecule has 122 valence electrons. The molecule has 0 aliphatic heterocycles. The standard InChI is InChI=1S/C19H22BrNO2/c1-5-15-10-16(20)6-7-17(15)23-11-18(22)21-19-13(3)8-12(2)9-14(19)4/h6-10H,5,11H2,1-4H3,(H,21,22). The lowest BCUT2D eigenvalue weighted by Crippen LogP contribution is -2.21. The summed E-state index contributed by atoms with van der Waals surface area (Å²) in [5, 5.41) is 2.95. The van der Waals surface area contributed by atoms with E-state index in [0.29, 0.717) is 0 Å². The van der Waals surface area contributed by atoms with Crippen molar-refractivity contribution < 1.29 is 9.53 Å². The Morgan fingerprint density at radius 1 is 1.13 bits per heavy atom. The summed E-state index contributed by atoms with van der Waals surface area (Å²) in [6.45, 7) is 8.12. The van der Waals surface area contributed by atoms with Crippen LogP contribution in [0.25, 0.3) is 0 Å². The number of benzene rings is 2. The molecule has 0 bridgehead atoms. The summed E-state index contributed by atoms with van der Waals surface area (Å²) in [7, 11) is 0. The fraction of sp³-hybridized carbons (Fsp3) is 0.316. The number of hydrogen-bond donors (Lipinski definition) is 1. The highest BCUT2D eigenvalue weighted by Gasteiger charge is 2.10. The molecule has 0 heterocycles. The largest absolute Gasteiger partial charge is 0.483 e. The van der Waals surface area contributed by atoms with Crippen molar-refractivity contribution >= 4 is 27.5 Å². The van der Waals surface area contributed by atoms with Gasteiger partial charge in [-0.3, -0.25) is 4.79 Å². The van der Waals surface area contributed by atoms with Crippen LogP contribution in [-0.4, -0.2) is 12.5 Å². The molecule has 2 aromatic carbocycles. The highest BCUT2D eigenvalue weighted by Crippen LogP contribution is 2.24. The summed E-state index contributed by atoms with van der Waals surface area (Å²) in [6, 6.07) is 9.95. The van der Waals surface area contributed by atoms with E-state index < -0.39 is 0 Å². The summed E-state index contributed by atoms with van der Waals surface area (Å²) < 4.78 is 6.70. The van der Waals surface area contributed by atoms with Crippen molar-refractivity contribution in [3.63, 3.8) is 0 Å². The molecular formula is C19H22BrNO2. The zero-order chi connectivity index (χ0) is 17.0. The van der Waals surface area contributed by atoms with Crippen LogP contribution in [0.1, 0.15) is 29.2 Å². The lowest BCUT2D eigenvalue weighted by atomic mass is 10.1. The van der Waals surface area contributed by atoms with Gasteiger partial charge >= 0.3 is 0 Å². The van der Waals surface area contributed by atoms with Gasteiger partial charge in [-0.15, -0.1) is 0 Å². The van der Waals surface area contributed by atoms with Gasteiger partial charge in [-0.25, -0.2) is 0 Å². The second-order valence-corrected chi connectivity index (χ2v) is 6.63. The minimum absolute atomic E-state index is 0.00138. The van der Waals surface area contributed by atoms with Gasteiger partial charge in [0.15, 0.2) is 6.61 Å². The van der Waals surface area contributed by atoms with Crippen LogP contribution >= 0.6 is 15.9 Å². The first kappa shape index (κ1) is 17.5. The molecule has 0 aromatic heterocycles. The van der Waals surface area contributed by atoms with Gasteiger partial charge in [0.2, 0.25) is 0 Å². The molecule has 0 atom stereocenters. The van der Waals surface area contributed by atoms with E-state index in [2.05, 4.69) is 47.2 Å². The Kier molecular flexibility index (Phi) is 5.83. The third kappa shape index (κ3) is 4.58. The second-order valence-electron chi connectivity index (χ2n) is 5.72. The topological polar surface area (TPSA) is 38.3 Å². The van der Waals surface area contributed by atoms with Crippen LogP contribution in [0, 0.1) is 20.8 Å². The van der Waals surface area contributed by atoms with Gasteiger partial charge in [0.1, 0.15) is 5.75 Å². The zero-order valence-electron chi connectivity index (χ0n) is 14.0. The molecule has 0 saturated heterocycles. The third-order valence-electron chi connectivity index (χ3n) is 3.70. The second kappa shape index (κ2) is 7.64. The van der Waals surface area contributed by atoms with E-state index in [1.807, 2.05) is 32.0 Å². The van der Waals surface area contributed by atoms with Crippen molar-refractivity contribution in [3.05, 3.63) is 57.1 Å². The number of carbonyl (C=O) groups excluding carboxylic acids is 1. The quantitative estimate of drug-likeness (QED) is 0.802. The van der Waals surface area contributed by atoms with E-state index >= 15 is 0 Å². The van der Waals surface area contributed by atoms with Crippen LogP contribution in [0.5, 0.6) is 5.75 Å². The molecule has 0 spiro atoms. The predicted octanol–water partition coefficient (Wildman–Crippen LogP) is 4.95. The van der Waals surface area contributed by atoms with Crippen molar-refractivity contribution in [2.75, 3.05) is 11.9 Å². The lowest BCUT2D eigenvalue weighted by Gasteiger charge is -2.14. The Morgan fingerprint density at radius 2 is 1.78 bits per heavy atom. The molecule has 23 heavy (non-hydrogen) atoms. The van der Waals surface area contributed by atoms with Gasteiger partial charge in [-0.2, -0.15) is 0 Å². The maximum atomic E-state index is 12.2. The molecule has 2 rings (SSSR count). The van der Waals surface area contributed by atoms with Crippen LogP contribution in [0.15, 0.2) is 34.8 Å². The van der Waals surface area contributed by atoms with Crippen molar-refractivity contribution in [1.29, 1.82) is 0 Å². The van der Waals surface area contributed by atoms with Gasteiger partial charge in [0.05, 0.1) is 0 Å². The van der Waals surface area contributed by atoms with Gasteiger partial charge in [-0.1, -0.05) is 40.5 Å². The van der Waals surface area contributed by atoms with Crippen molar-refractivity contribution in [1.82, 2.24) is 0 Å². The Labute approximate surface area is 146 Å². The van der Waals surface area contributed by atoms with E-state index in [1.165, 1.54) is 5.56 Å². The fourth-order valence-electron chi connectivity index (χ4n) is 2.66. The molecular weight excluding hydrogens is 354 g/mol. The molecule has 0 unspecified atom stereocenters. The van der Waals surface area contributed by atoms with Crippen LogP contribution in [0.2, 0.25) is 0 Å². The summed E-state index contributed by atoms with van der Waals surface area (Å²) in [5.74, 6) is 0.605.